The fourth-order valence-corrected chi connectivity index (χ4v) is 5.40. The van der Waals surface area contributed by atoms with Crippen molar-refractivity contribution in [2.45, 2.75) is 43.5 Å². The third-order valence-corrected chi connectivity index (χ3v) is 7.53. The number of sulfonamides is 1. The molecule has 3 rings (SSSR count). The van der Waals surface area contributed by atoms with E-state index in [9.17, 15) is 18.5 Å². The van der Waals surface area contributed by atoms with E-state index in [2.05, 4.69) is 12.2 Å². The number of hydrogen-bond acceptors (Lipinski definition) is 4. The molecule has 146 valence electrons. The summed E-state index contributed by atoms with van der Waals surface area (Å²) >= 11 is 0. The zero-order valence-electron chi connectivity index (χ0n) is 15.6. The van der Waals surface area contributed by atoms with Crippen LogP contribution in [-0.4, -0.2) is 55.9 Å². The number of nitriles is 1. The van der Waals surface area contributed by atoms with Crippen molar-refractivity contribution in [2.24, 2.45) is 5.92 Å². The van der Waals surface area contributed by atoms with Gasteiger partial charge in [0, 0.05) is 32.2 Å². The number of hydrogen-bond donors (Lipinski definition) is 1. The van der Waals surface area contributed by atoms with Crippen molar-refractivity contribution >= 4 is 16.1 Å². The van der Waals surface area contributed by atoms with Crippen LogP contribution in [-0.2, 0) is 10.0 Å². The maximum atomic E-state index is 12.9. The lowest BCUT2D eigenvalue weighted by Crippen LogP contribution is -2.55. The van der Waals surface area contributed by atoms with Crippen LogP contribution in [0.15, 0.2) is 29.2 Å². The van der Waals surface area contributed by atoms with Crippen molar-refractivity contribution in [2.75, 3.05) is 26.2 Å². The fourth-order valence-electron chi connectivity index (χ4n) is 3.84. The van der Waals surface area contributed by atoms with Gasteiger partial charge in [-0.05, 0) is 30.9 Å². The molecule has 1 aromatic carbocycles. The number of urea groups is 1. The molecule has 1 N–H and O–H groups in total. The van der Waals surface area contributed by atoms with E-state index in [-0.39, 0.29) is 35.6 Å². The predicted molar refractivity (Wildman–Crippen MR) is 101 cm³/mol. The van der Waals surface area contributed by atoms with Gasteiger partial charge in [0.05, 0.1) is 10.5 Å². The number of amides is 2. The Bertz CT molecular complexity index is 826. The third kappa shape index (κ3) is 4.25. The first-order valence-corrected chi connectivity index (χ1v) is 10.9. The van der Waals surface area contributed by atoms with Crippen LogP contribution in [0.1, 0.15) is 38.2 Å². The highest BCUT2D eigenvalue weighted by molar-refractivity contribution is 7.89. The van der Waals surface area contributed by atoms with Gasteiger partial charge in [0.15, 0.2) is 0 Å². The number of nitrogens with zero attached hydrogens (tertiary/aromatic N) is 3. The van der Waals surface area contributed by atoms with E-state index in [4.69, 9.17) is 0 Å². The third-order valence-electron chi connectivity index (χ3n) is 5.57. The second-order valence-corrected chi connectivity index (χ2v) is 9.22. The summed E-state index contributed by atoms with van der Waals surface area (Å²) in [4.78, 5) is 14.3. The van der Waals surface area contributed by atoms with Gasteiger partial charge in [-0.15, -0.1) is 0 Å². The highest BCUT2D eigenvalue weighted by atomic mass is 32.2. The molecule has 1 aliphatic carbocycles. The molecule has 1 aliphatic heterocycles. The standard InChI is InChI=1S/C19H26N4O3S/c1-15-6-2-4-8-17(15)21-19(24)22-10-12-23(13-11-22)27(25,26)18-9-5-3-7-16(18)14-20/h3,5,7,9,15,17H,2,4,6,8,10-13H2,1H3,(H,21,24). The molecule has 2 fully saturated rings. The number of carbonyl (C=O) groups excluding carboxylic acids is 1. The van der Waals surface area contributed by atoms with E-state index in [1.54, 1.807) is 17.0 Å². The molecule has 27 heavy (non-hydrogen) atoms. The highest BCUT2D eigenvalue weighted by Crippen LogP contribution is 2.24. The molecule has 0 radical (unpaired) electrons. The maximum absolute atomic E-state index is 12.9. The molecule has 2 atom stereocenters. The van der Waals surface area contributed by atoms with Crippen molar-refractivity contribution in [3.8, 4) is 6.07 Å². The van der Waals surface area contributed by atoms with Gasteiger partial charge in [-0.3, -0.25) is 0 Å². The monoisotopic (exact) mass is 390 g/mol. The van der Waals surface area contributed by atoms with Crippen LogP contribution in [0.3, 0.4) is 0 Å². The molecule has 7 nitrogen and oxygen atoms in total. The lowest BCUT2D eigenvalue weighted by Gasteiger charge is -2.36. The summed E-state index contributed by atoms with van der Waals surface area (Å²) in [6.07, 6.45) is 4.50. The lowest BCUT2D eigenvalue weighted by atomic mass is 9.86. The molecule has 0 aromatic heterocycles. The first-order chi connectivity index (χ1) is 12.9. The van der Waals surface area contributed by atoms with E-state index in [0.29, 0.717) is 19.0 Å². The quantitative estimate of drug-likeness (QED) is 0.856. The van der Waals surface area contributed by atoms with Crippen LogP contribution in [0.2, 0.25) is 0 Å². The molecule has 1 aromatic rings. The maximum Gasteiger partial charge on any atom is 0.317 e. The SMILES string of the molecule is CC1CCCCC1NC(=O)N1CCN(S(=O)(=O)c2ccccc2C#N)CC1. The van der Waals surface area contributed by atoms with Crippen LogP contribution in [0.5, 0.6) is 0 Å². The Balaban J connectivity index is 1.61. The van der Waals surface area contributed by atoms with Gasteiger partial charge in [0.25, 0.3) is 0 Å². The molecule has 2 unspecified atom stereocenters. The van der Waals surface area contributed by atoms with Gasteiger partial charge in [0.2, 0.25) is 10.0 Å². The van der Waals surface area contributed by atoms with Crippen LogP contribution < -0.4 is 5.32 Å². The zero-order chi connectivity index (χ0) is 19.4. The average Bonchev–Trinajstić information content (AvgIpc) is 2.69. The summed E-state index contributed by atoms with van der Waals surface area (Å²) in [6.45, 7) is 3.33. The average molecular weight is 391 g/mol. The van der Waals surface area contributed by atoms with Crippen LogP contribution >= 0.6 is 0 Å². The Morgan fingerprint density at radius 3 is 2.48 bits per heavy atom. The topological polar surface area (TPSA) is 93.5 Å². The summed E-state index contributed by atoms with van der Waals surface area (Å²) in [6, 6.07) is 8.25. The first-order valence-electron chi connectivity index (χ1n) is 9.48. The summed E-state index contributed by atoms with van der Waals surface area (Å²) in [7, 11) is -3.74. The van der Waals surface area contributed by atoms with E-state index < -0.39 is 10.0 Å². The Kier molecular flexibility index (Phi) is 6.02. The number of benzene rings is 1. The predicted octanol–water partition coefficient (Wildman–Crippen LogP) is 2.15. The second kappa shape index (κ2) is 8.28. The van der Waals surface area contributed by atoms with Crippen LogP contribution in [0, 0.1) is 17.2 Å². The molecule has 0 bridgehead atoms. The minimum atomic E-state index is -3.74. The van der Waals surface area contributed by atoms with Crippen molar-refractivity contribution in [1.82, 2.24) is 14.5 Å². The second-order valence-electron chi connectivity index (χ2n) is 7.32. The van der Waals surface area contributed by atoms with Crippen molar-refractivity contribution < 1.29 is 13.2 Å². The smallest absolute Gasteiger partial charge is 0.317 e. The van der Waals surface area contributed by atoms with E-state index in [1.807, 2.05) is 6.07 Å². The van der Waals surface area contributed by atoms with Crippen LogP contribution in [0.4, 0.5) is 4.79 Å². The summed E-state index contributed by atoms with van der Waals surface area (Å²) in [5, 5.41) is 12.3. The first kappa shape index (κ1) is 19.6. The lowest BCUT2D eigenvalue weighted by molar-refractivity contribution is 0.161. The van der Waals surface area contributed by atoms with E-state index in [1.165, 1.54) is 22.9 Å². The Morgan fingerprint density at radius 1 is 1.15 bits per heavy atom. The van der Waals surface area contributed by atoms with Crippen LogP contribution in [0.25, 0.3) is 0 Å². The minimum Gasteiger partial charge on any atom is -0.335 e. The largest absolute Gasteiger partial charge is 0.335 e. The molecule has 2 amide bonds. The molecule has 2 aliphatic rings. The van der Waals surface area contributed by atoms with Crippen molar-refractivity contribution in [1.29, 1.82) is 5.26 Å². The van der Waals surface area contributed by atoms with Gasteiger partial charge in [0.1, 0.15) is 6.07 Å². The van der Waals surface area contributed by atoms with Gasteiger partial charge < -0.3 is 10.2 Å². The number of carbonyl (C=O) groups is 1. The summed E-state index contributed by atoms with van der Waals surface area (Å²) in [5.41, 5.74) is 0.143. The molecular weight excluding hydrogens is 364 g/mol. The number of rotatable bonds is 3. The molecule has 1 saturated heterocycles. The molecule has 1 heterocycles. The molecule has 8 heteroatoms. The van der Waals surface area contributed by atoms with Gasteiger partial charge in [-0.1, -0.05) is 31.9 Å². The normalized spacial score (nSPS) is 24.2. The van der Waals surface area contributed by atoms with E-state index in [0.717, 1.165) is 19.3 Å². The Morgan fingerprint density at radius 2 is 1.81 bits per heavy atom. The number of piperazine rings is 1. The number of nitrogens with one attached hydrogen (secondary N) is 1. The van der Waals surface area contributed by atoms with E-state index >= 15 is 0 Å². The van der Waals surface area contributed by atoms with Crippen molar-refractivity contribution in [3.63, 3.8) is 0 Å². The minimum absolute atomic E-state index is 0.0291. The fraction of sp³-hybridized carbons (Fsp3) is 0.579. The van der Waals surface area contributed by atoms with Crippen molar-refractivity contribution in [3.05, 3.63) is 29.8 Å². The zero-order valence-corrected chi connectivity index (χ0v) is 16.4. The summed E-state index contributed by atoms with van der Waals surface area (Å²) < 4.78 is 27.1. The Labute approximate surface area is 161 Å². The van der Waals surface area contributed by atoms with Gasteiger partial charge in [-0.2, -0.15) is 9.57 Å². The van der Waals surface area contributed by atoms with Gasteiger partial charge in [-0.25, -0.2) is 13.2 Å². The van der Waals surface area contributed by atoms with Gasteiger partial charge >= 0.3 is 6.03 Å². The molecule has 1 saturated carbocycles. The molecular formula is C19H26N4O3S. The molecule has 0 spiro atoms. The highest BCUT2D eigenvalue weighted by Gasteiger charge is 2.32. The summed E-state index contributed by atoms with van der Waals surface area (Å²) in [5.74, 6) is 0.479. The Hall–Kier alpha value is -2.11.